The van der Waals surface area contributed by atoms with E-state index in [-0.39, 0.29) is 11.5 Å². The number of hydrogen-bond acceptors (Lipinski definition) is 2. The van der Waals surface area contributed by atoms with Gasteiger partial charge < -0.3 is 5.32 Å². The Kier molecular flexibility index (Phi) is 4.19. The minimum Gasteiger partial charge on any atom is -0.365 e. The molecule has 2 aromatic heterocycles. The number of fused-ring (bicyclic) bond motifs is 1. The number of nitrogens with one attached hydrogen (secondary N) is 1. The number of aromatic nitrogens is 2. The van der Waals surface area contributed by atoms with Crippen molar-refractivity contribution in [3.63, 3.8) is 0 Å². The van der Waals surface area contributed by atoms with Gasteiger partial charge in [0.2, 0.25) is 0 Å². The average molecular weight is 372 g/mol. The van der Waals surface area contributed by atoms with Gasteiger partial charge in [0.1, 0.15) is 11.5 Å². The fourth-order valence-corrected chi connectivity index (χ4v) is 3.05. The van der Waals surface area contributed by atoms with Crippen molar-refractivity contribution in [1.29, 1.82) is 0 Å². The van der Waals surface area contributed by atoms with Crippen LogP contribution in [0, 0.1) is 0 Å². The Balaban J connectivity index is 2.17. The molecule has 0 aliphatic carbocycles. The number of anilines is 1. The highest BCUT2D eigenvalue weighted by atomic mass is 79.9. The number of hydrogen-bond donors (Lipinski definition) is 1. The SMILES string of the molecule is C[C@@H](c1ccccc1)c1nc2ccc(Br)cn2c1NC(C)(C)C. The molecule has 3 rings (SSSR count). The summed E-state index contributed by atoms with van der Waals surface area (Å²) in [5.74, 6) is 1.28. The molecule has 4 heteroatoms. The van der Waals surface area contributed by atoms with Crippen LogP contribution in [-0.4, -0.2) is 14.9 Å². The number of nitrogens with zero attached hydrogens (tertiary/aromatic N) is 2. The molecule has 0 radical (unpaired) electrons. The molecule has 0 bridgehead atoms. The van der Waals surface area contributed by atoms with E-state index in [9.17, 15) is 0 Å². The van der Waals surface area contributed by atoms with E-state index in [0.717, 1.165) is 21.6 Å². The zero-order valence-electron chi connectivity index (χ0n) is 14.0. The highest BCUT2D eigenvalue weighted by Crippen LogP contribution is 2.32. The molecule has 0 aliphatic rings. The molecule has 0 unspecified atom stereocenters. The van der Waals surface area contributed by atoms with E-state index in [4.69, 9.17) is 4.98 Å². The maximum atomic E-state index is 4.89. The van der Waals surface area contributed by atoms with E-state index in [1.807, 2.05) is 18.2 Å². The zero-order chi connectivity index (χ0) is 16.6. The van der Waals surface area contributed by atoms with Crippen molar-refractivity contribution in [1.82, 2.24) is 9.38 Å². The summed E-state index contributed by atoms with van der Waals surface area (Å²) < 4.78 is 3.17. The van der Waals surface area contributed by atoms with Crippen LogP contribution in [0.5, 0.6) is 0 Å². The third kappa shape index (κ3) is 3.42. The molecule has 0 saturated heterocycles. The molecular formula is C19H22BrN3. The molecule has 0 aliphatic heterocycles. The molecule has 1 N–H and O–H groups in total. The van der Waals surface area contributed by atoms with Gasteiger partial charge in [0, 0.05) is 22.1 Å². The third-order valence-electron chi connectivity index (χ3n) is 3.81. The summed E-state index contributed by atoms with van der Waals surface area (Å²) >= 11 is 3.56. The number of pyridine rings is 1. The normalized spacial score (nSPS) is 13.3. The Morgan fingerprint density at radius 2 is 1.78 bits per heavy atom. The van der Waals surface area contributed by atoms with Crippen LogP contribution in [0.25, 0.3) is 5.65 Å². The Morgan fingerprint density at radius 1 is 1.09 bits per heavy atom. The lowest BCUT2D eigenvalue weighted by molar-refractivity contribution is 0.626. The lowest BCUT2D eigenvalue weighted by Gasteiger charge is -2.24. The maximum Gasteiger partial charge on any atom is 0.138 e. The predicted molar refractivity (Wildman–Crippen MR) is 100 cm³/mol. The van der Waals surface area contributed by atoms with Crippen LogP contribution >= 0.6 is 15.9 Å². The molecule has 1 atom stereocenters. The molecule has 120 valence electrons. The van der Waals surface area contributed by atoms with E-state index in [1.54, 1.807) is 0 Å². The van der Waals surface area contributed by atoms with Crippen LogP contribution in [0.15, 0.2) is 53.1 Å². The van der Waals surface area contributed by atoms with Gasteiger partial charge in [-0.1, -0.05) is 37.3 Å². The van der Waals surface area contributed by atoms with E-state index < -0.39 is 0 Å². The summed E-state index contributed by atoms with van der Waals surface area (Å²) in [6.45, 7) is 8.71. The van der Waals surface area contributed by atoms with Gasteiger partial charge in [-0.15, -0.1) is 0 Å². The van der Waals surface area contributed by atoms with E-state index in [0.29, 0.717) is 0 Å². The summed E-state index contributed by atoms with van der Waals surface area (Å²) in [7, 11) is 0. The van der Waals surface area contributed by atoms with Crippen LogP contribution in [0.1, 0.15) is 44.9 Å². The minimum absolute atomic E-state index is 0.0383. The highest BCUT2D eigenvalue weighted by Gasteiger charge is 2.22. The molecule has 23 heavy (non-hydrogen) atoms. The van der Waals surface area contributed by atoms with Crippen molar-refractivity contribution in [3.8, 4) is 0 Å². The van der Waals surface area contributed by atoms with Gasteiger partial charge in [0.05, 0.1) is 5.69 Å². The Bertz CT molecular complexity index is 816. The van der Waals surface area contributed by atoms with Gasteiger partial charge in [-0.2, -0.15) is 0 Å². The van der Waals surface area contributed by atoms with Gasteiger partial charge >= 0.3 is 0 Å². The molecule has 2 heterocycles. The molecule has 3 nitrogen and oxygen atoms in total. The van der Waals surface area contributed by atoms with E-state index in [1.165, 1.54) is 5.56 Å². The highest BCUT2D eigenvalue weighted by molar-refractivity contribution is 9.10. The lowest BCUT2D eigenvalue weighted by atomic mass is 9.97. The third-order valence-corrected chi connectivity index (χ3v) is 4.28. The molecule has 0 amide bonds. The summed E-state index contributed by atoms with van der Waals surface area (Å²) in [4.78, 5) is 4.89. The molecule has 0 spiro atoms. The second kappa shape index (κ2) is 6.00. The quantitative estimate of drug-likeness (QED) is 0.662. The van der Waals surface area contributed by atoms with Crippen LogP contribution in [0.2, 0.25) is 0 Å². The van der Waals surface area contributed by atoms with Crippen molar-refractivity contribution in [2.75, 3.05) is 5.32 Å². The fraction of sp³-hybridized carbons (Fsp3) is 0.316. The monoisotopic (exact) mass is 371 g/mol. The van der Waals surface area contributed by atoms with Crippen LogP contribution < -0.4 is 5.32 Å². The first-order chi connectivity index (χ1) is 10.8. The van der Waals surface area contributed by atoms with E-state index in [2.05, 4.69) is 83.8 Å². The minimum atomic E-state index is -0.0383. The molecular weight excluding hydrogens is 350 g/mol. The van der Waals surface area contributed by atoms with E-state index >= 15 is 0 Å². The first-order valence-corrected chi connectivity index (χ1v) is 8.65. The van der Waals surface area contributed by atoms with Gasteiger partial charge in [0.25, 0.3) is 0 Å². The standard InChI is InChI=1S/C19H22BrN3/c1-13(14-8-6-5-7-9-14)17-18(22-19(2,3)4)23-12-15(20)10-11-16(23)21-17/h5-13,22H,1-4H3/t13-/m0/s1. The lowest BCUT2D eigenvalue weighted by Crippen LogP contribution is -2.27. The van der Waals surface area contributed by atoms with Gasteiger partial charge in [-0.3, -0.25) is 4.40 Å². The Hall–Kier alpha value is -1.81. The first kappa shape index (κ1) is 16.1. The number of benzene rings is 1. The second-order valence-electron chi connectivity index (χ2n) is 6.93. The Labute approximate surface area is 145 Å². The predicted octanol–water partition coefficient (Wildman–Crippen LogP) is 5.46. The first-order valence-electron chi connectivity index (χ1n) is 7.86. The smallest absolute Gasteiger partial charge is 0.138 e. The summed E-state index contributed by atoms with van der Waals surface area (Å²) in [6.07, 6.45) is 2.07. The molecule has 0 fully saturated rings. The summed E-state index contributed by atoms with van der Waals surface area (Å²) in [6, 6.07) is 14.6. The topological polar surface area (TPSA) is 29.3 Å². The van der Waals surface area contributed by atoms with Crippen molar-refractivity contribution >= 4 is 27.4 Å². The van der Waals surface area contributed by atoms with Crippen LogP contribution in [0.3, 0.4) is 0 Å². The Morgan fingerprint density at radius 3 is 2.43 bits per heavy atom. The molecule has 1 aromatic carbocycles. The summed E-state index contributed by atoms with van der Waals surface area (Å²) in [5.41, 5.74) is 3.26. The van der Waals surface area contributed by atoms with Crippen molar-refractivity contribution in [2.45, 2.75) is 39.2 Å². The molecule has 3 aromatic rings. The van der Waals surface area contributed by atoms with Gasteiger partial charge in [-0.05, 0) is 54.4 Å². The number of rotatable bonds is 3. The average Bonchev–Trinajstić information content (AvgIpc) is 2.84. The van der Waals surface area contributed by atoms with Gasteiger partial charge in [-0.25, -0.2) is 4.98 Å². The largest absolute Gasteiger partial charge is 0.365 e. The van der Waals surface area contributed by atoms with Crippen molar-refractivity contribution < 1.29 is 0 Å². The van der Waals surface area contributed by atoms with Crippen molar-refractivity contribution in [3.05, 3.63) is 64.4 Å². The van der Waals surface area contributed by atoms with Crippen LogP contribution in [-0.2, 0) is 0 Å². The van der Waals surface area contributed by atoms with Gasteiger partial charge in [0.15, 0.2) is 0 Å². The number of halogens is 1. The second-order valence-corrected chi connectivity index (χ2v) is 7.84. The molecule has 0 saturated carbocycles. The van der Waals surface area contributed by atoms with Crippen LogP contribution in [0.4, 0.5) is 5.82 Å². The fourth-order valence-electron chi connectivity index (χ4n) is 2.72. The van der Waals surface area contributed by atoms with Crippen molar-refractivity contribution in [2.24, 2.45) is 0 Å². The zero-order valence-corrected chi connectivity index (χ0v) is 15.6. The number of imidazole rings is 1. The maximum absolute atomic E-state index is 4.89. The summed E-state index contributed by atoms with van der Waals surface area (Å²) in [5, 5.41) is 3.63.